The van der Waals surface area contributed by atoms with E-state index in [1.54, 1.807) is 18.2 Å². The van der Waals surface area contributed by atoms with Crippen LogP contribution in [0, 0.1) is 0 Å². The highest BCUT2D eigenvalue weighted by atomic mass is 35.5. The number of carbonyl (C=O) groups is 2. The first-order valence-electron chi connectivity index (χ1n) is 8.98. The van der Waals surface area contributed by atoms with Crippen molar-refractivity contribution in [1.29, 1.82) is 0 Å². The molecule has 2 aromatic carbocycles. The fourth-order valence-corrected chi connectivity index (χ4v) is 4.02. The van der Waals surface area contributed by atoms with E-state index in [0.29, 0.717) is 21.7 Å². The number of amides is 2. The van der Waals surface area contributed by atoms with Crippen LogP contribution in [0.25, 0.3) is 11.3 Å². The summed E-state index contributed by atoms with van der Waals surface area (Å²) in [5.74, 6) is -0.403. The zero-order valence-corrected chi connectivity index (χ0v) is 18.0. The highest BCUT2D eigenvalue weighted by Gasteiger charge is 2.16. The second-order valence-electron chi connectivity index (χ2n) is 6.37. The Balaban J connectivity index is 1.62. The number of aryl methyl sites for hydroxylation is 1. The van der Waals surface area contributed by atoms with Crippen molar-refractivity contribution in [3.05, 3.63) is 69.0 Å². The van der Waals surface area contributed by atoms with Crippen LogP contribution in [0.3, 0.4) is 0 Å². The predicted octanol–water partition coefficient (Wildman–Crippen LogP) is 5.44. The van der Waals surface area contributed by atoms with Crippen LogP contribution in [0.1, 0.15) is 29.3 Å². The molecular weight excluding hydrogens is 429 g/mol. The molecule has 29 heavy (non-hydrogen) atoms. The maximum Gasteiger partial charge on any atom is 0.260 e. The van der Waals surface area contributed by atoms with E-state index in [2.05, 4.69) is 15.6 Å². The number of carbonyl (C=O) groups excluding carboxylic acids is 2. The van der Waals surface area contributed by atoms with E-state index in [1.165, 1.54) is 23.8 Å². The first-order chi connectivity index (χ1) is 13.9. The van der Waals surface area contributed by atoms with Gasteiger partial charge in [-0.15, -0.1) is 11.3 Å². The Morgan fingerprint density at radius 1 is 1.07 bits per heavy atom. The third-order valence-corrected chi connectivity index (χ3v) is 5.57. The van der Waals surface area contributed by atoms with Crippen molar-refractivity contribution >= 4 is 51.5 Å². The minimum absolute atomic E-state index is 0.0106. The Kier molecular flexibility index (Phi) is 7.25. The summed E-state index contributed by atoms with van der Waals surface area (Å²) < 4.78 is 0. The van der Waals surface area contributed by atoms with E-state index < -0.39 is 5.91 Å². The van der Waals surface area contributed by atoms with Gasteiger partial charge < -0.3 is 5.32 Å². The molecule has 0 fully saturated rings. The summed E-state index contributed by atoms with van der Waals surface area (Å²) in [5, 5.41) is 8.48. The maximum absolute atomic E-state index is 12.5. The molecular formula is C21H19Cl2N3O2S. The Bertz CT molecular complexity index is 999. The van der Waals surface area contributed by atoms with Crippen molar-refractivity contribution < 1.29 is 9.59 Å². The molecule has 0 atom stereocenters. The van der Waals surface area contributed by atoms with Gasteiger partial charge in [-0.1, -0.05) is 53.5 Å². The maximum atomic E-state index is 12.5. The van der Waals surface area contributed by atoms with Crippen molar-refractivity contribution in [2.75, 3.05) is 11.9 Å². The van der Waals surface area contributed by atoms with Crippen LogP contribution in [0.4, 0.5) is 5.13 Å². The molecule has 150 valence electrons. The molecule has 1 aromatic heterocycles. The van der Waals surface area contributed by atoms with E-state index >= 15 is 0 Å². The predicted molar refractivity (Wildman–Crippen MR) is 119 cm³/mol. The van der Waals surface area contributed by atoms with Gasteiger partial charge in [0.25, 0.3) is 5.91 Å². The number of benzene rings is 2. The molecule has 0 aliphatic carbocycles. The van der Waals surface area contributed by atoms with Crippen LogP contribution in [-0.4, -0.2) is 23.3 Å². The smallest absolute Gasteiger partial charge is 0.260 e. The molecule has 3 aromatic rings. The van der Waals surface area contributed by atoms with Crippen molar-refractivity contribution in [3.63, 3.8) is 0 Å². The van der Waals surface area contributed by atoms with Crippen LogP contribution >= 0.6 is 34.5 Å². The summed E-state index contributed by atoms with van der Waals surface area (Å²) in [6.45, 7) is 2.18. The zero-order chi connectivity index (χ0) is 20.8. The molecule has 0 bridgehead atoms. The monoisotopic (exact) mass is 447 g/mol. The largest absolute Gasteiger partial charge is 0.356 e. The minimum atomic E-state index is -0.393. The molecule has 2 N–H and O–H groups in total. The molecule has 0 aliphatic rings. The lowest BCUT2D eigenvalue weighted by Gasteiger charge is -2.06. The van der Waals surface area contributed by atoms with E-state index in [4.69, 9.17) is 23.2 Å². The Morgan fingerprint density at radius 3 is 2.41 bits per heavy atom. The molecule has 1 heterocycles. The number of halogens is 2. The average Bonchev–Trinajstić information content (AvgIpc) is 3.14. The van der Waals surface area contributed by atoms with Gasteiger partial charge in [-0.25, -0.2) is 4.98 Å². The number of hydrogen-bond donors (Lipinski definition) is 2. The molecule has 3 rings (SSSR count). The Labute approximate surface area is 183 Å². The summed E-state index contributed by atoms with van der Waals surface area (Å²) >= 11 is 13.5. The summed E-state index contributed by atoms with van der Waals surface area (Å²) in [7, 11) is 0. The quantitative estimate of drug-likeness (QED) is 0.473. The topological polar surface area (TPSA) is 71.1 Å². The van der Waals surface area contributed by atoms with Crippen LogP contribution in [-0.2, 0) is 11.2 Å². The fourth-order valence-electron chi connectivity index (χ4n) is 2.74. The van der Waals surface area contributed by atoms with Gasteiger partial charge in [-0.2, -0.15) is 0 Å². The zero-order valence-electron chi connectivity index (χ0n) is 15.7. The normalized spacial score (nSPS) is 10.6. The van der Waals surface area contributed by atoms with Gasteiger partial charge >= 0.3 is 0 Å². The third kappa shape index (κ3) is 5.79. The molecule has 0 saturated heterocycles. The van der Waals surface area contributed by atoms with Gasteiger partial charge in [0.1, 0.15) is 0 Å². The molecule has 2 amide bonds. The Morgan fingerprint density at radius 2 is 1.76 bits per heavy atom. The molecule has 5 nitrogen and oxygen atoms in total. The number of anilines is 1. The van der Waals surface area contributed by atoms with Crippen LogP contribution in [0.2, 0.25) is 10.0 Å². The second-order valence-corrected chi connectivity index (χ2v) is 8.04. The van der Waals surface area contributed by atoms with Gasteiger partial charge in [0, 0.05) is 24.4 Å². The van der Waals surface area contributed by atoms with Crippen LogP contribution in [0.15, 0.2) is 47.8 Å². The van der Waals surface area contributed by atoms with Crippen molar-refractivity contribution in [2.45, 2.75) is 19.8 Å². The first-order valence-corrected chi connectivity index (χ1v) is 10.6. The molecule has 0 aliphatic heterocycles. The van der Waals surface area contributed by atoms with Gasteiger partial charge in [-0.3, -0.25) is 14.9 Å². The summed E-state index contributed by atoms with van der Waals surface area (Å²) in [6.07, 6.45) is 1.77. The highest BCUT2D eigenvalue weighted by Crippen LogP contribution is 2.28. The summed E-state index contributed by atoms with van der Waals surface area (Å²) in [5.41, 5.74) is 3.16. The lowest BCUT2D eigenvalue weighted by atomic mass is 10.1. The molecule has 0 saturated carbocycles. The fraction of sp³-hybridized carbons (Fsp3) is 0.190. The minimum Gasteiger partial charge on any atom is -0.356 e. The van der Waals surface area contributed by atoms with Crippen LogP contribution in [0.5, 0.6) is 0 Å². The highest BCUT2D eigenvalue weighted by molar-refractivity contribution is 7.14. The van der Waals surface area contributed by atoms with E-state index in [0.717, 1.165) is 24.1 Å². The van der Waals surface area contributed by atoms with Gasteiger partial charge in [0.15, 0.2) is 5.13 Å². The van der Waals surface area contributed by atoms with Crippen molar-refractivity contribution in [2.24, 2.45) is 0 Å². The van der Waals surface area contributed by atoms with E-state index in [1.807, 2.05) is 29.6 Å². The number of thiazole rings is 1. The summed E-state index contributed by atoms with van der Waals surface area (Å²) in [4.78, 5) is 27.8. The first kappa shape index (κ1) is 21.3. The van der Waals surface area contributed by atoms with Crippen molar-refractivity contribution in [1.82, 2.24) is 10.3 Å². The molecule has 0 unspecified atom stereocenters. The SMILES string of the molecule is CC(=O)NCCCc1ccc(-c2csc(NC(=O)c3c(Cl)cccc3Cl)n2)cc1. The average molecular weight is 448 g/mol. The van der Waals surface area contributed by atoms with Gasteiger partial charge in [0.05, 0.1) is 21.3 Å². The number of nitrogens with one attached hydrogen (secondary N) is 2. The standard InChI is InChI=1S/C21H19Cl2N3O2S/c1-13(27)24-11-3-4-14-7-9-15(10-8-14)18-12-29-21(25-18)26-20(28)19-16(22)5-2-6-17(19)23/h2,5-10,12H,3-4,11H2,1H3,(H,24,27)(H,25,26,28). The molecule has 8 heteroatoms. The lowest BCUT2D eigenvalue weighted by molar-refractivity contribution is -0.118. The van der Waals surface area contributed by atoms with Crippen molar-refractivity contribution in [3.8, 4) is 11.3 Å². The van der Waals surface area contributed by atoms with Gasteiger partial charge in [0.2, 0.25) is 5.91 Å². The lowest BCUT2D eigenvalue weighted by Crippen LogP contribution is -2.21. The Hall–Kier alpha value is -2.41. The molecule has 0 spiro atoms. The second kappa shape index (κ2) is 9.87. The van der Waals surface area contributed by atoms with E-state index in [9.17, 15) is 9.59 Å². The molecule has 0 radical (unpaired) electrons. The van der Waals surface area contributed by atoms with E-state index in [-0.39, 0.29) is 11.5 Å². The number of hydrogen-bond acceptors (Lipinski definition) is 4. The number of nitrogens with zero attached hydrogens (tertiary/aromatic N) is 1. The van der Waals surface area contributed by atoms with Crippen LogP contribution < -0.4 is 10.6 Å². The summed E-state index contributed by atoms with van der Waals surface area (Å²) in [6, 6.07) is 13.0. The number of aromatic nitrogens is 1. The van der Waals surface area contributed by atoms with Gasteiger partial charge in [-0.05, 0) is 30.5 Å². The third-order valence-electron chi connectivity index (χ3n) is 4.18. The number of rotatable bonds is 7.